The SMILES string of the molecule is CCCCCCCCCCCCCCCCCCCCCCCCCC(=O)N[C@@H](C[C@H]1O[C@H](CO)[C@H](O)[C@H](O)[C@H]1O)[C@H](F)CCCCCCCCCCCCCC. The molecule has 340 valence electrons. The molecule has 0 aromatic carbocycles. The van der Waals surface area contributed by atoms with Gasteiger partial charge in [0.05, 0.1) is 18.8 Å². The number of halogens is 1. The maximum atomic E-state index is 15.8. The van der Waals surface area contributed by atoms with Crippen molar-refractivity contribution in [1.29, 1.82) is 0 Å². The zero-order chi connectivity index (χ0) is 41.6. The van der Waals surface area contributed by atoms with Crippen LogP contribution in [-0.2, 0) is 9.53 Å². The molecule has 0 spiro atoms. The van der Waals surface area contributed by atoms with Crippen molar-refractivity contribution in [2.75, 3.05) is 6.61 Å². The molecule has 1 amide bonds. The molecule has 57 heavy (non-hydrogen) atoms. The van der Waals surface area contributed by atoms with Gasteiger partial charge in [0.2, 0.25) is 5.91 Å². The Morgan fingerprint density at radius 1 is 0.491 bits per heavy atom. The van der Waals surface area contributed by atoms with E-state index in [9.17, 15) is 25.2 Å². The molecule has 1 saturated heterocycles. The number of carbonyl (C=O) groups excluding carboxylic acids is 1. The van der Waals surface area contributed by atoms with E-state index in [2.05, 4.69) is 19.2 Å². The smallest absolute Gasteiger partial charge is 0.220 e. The van der Waals surface area contributed by atoms with E-state index in [1.807, 2.05) is 0 Å². The van der Waals surface area contributed by atoms with E-state index in [1.54, 1.807) is 0 Å². The number of amides is 1. The minimum Gasteiger partial charge on any atom is -0.394 e. The topological polar surface area (TPSA) is 119 Å². The van der Waals surface area contributed by atoms with Crippen LogP contribution in [0, 0.1) is 0 Å². The van der Waals surface area contributed by atoms with Crippen LogP contribution in [0.15, 0.2) is 0 Å². The van der Waals surface area contributed by atoms with E-state index in [1.165, 1.54) is 180 Å². The highest BCUT2D eigenvalue weighted by atomic mass is 19.1. The summed E-state index contributed by atoms with van der Waals surface area (Å²) in [4.78, 5) is 13.0. The highest BCUT2D eigenvalue weighted by molar-refractivity contribution is 5.76. The van der Waals surface area contributed by atoms with Crippen LogP contribution in [0.4, 0.5) is 4.39 Å². The molecular weight excluding hydrogens is 718 g/mol. The lowest BCUT2D eigenvalue weighted by Crippen LogP contribution is -2.60. The number of nitrogens with one attached hydrogen (secondary N) is 1. The van der Waals surface area contributed by atoms with E-state index in [4.69, 9.17) is 4.74 Å². The number of aliphatic hydroxyl groups excluding tert-OH is 4. The van der Waals surface area contributed by atoms with Gasteiger partial charge in [-0.3, -0.25) is 4.79 Å². The van der Waals surface area contributed by atoms with E-state index in [0.717, 1.165) is 44.9 Å². The standard InChI is InChI=1S/C49H96FNO6/c1-3-5-7-9-11-13-15-17-18-19-20-21-22-23-24-25-26-27-29-31-33-35-37-39-46(53)51-43(40-44-47(54)49(56)48(55)45(41-52)57-44)42(50)38-36-34-32-30-28-16-14-12-10-8-6-4-2/h42-45,47-49,52,54-56H,3-41H2,1-2H3,(H,51,53)/t42-,43+,44-,45-,47+,48+,49-/m1/s1. The van der Waals surface area contributed by atoms with Crippen molar-refractivity contribution in [2.24, 2.45) is 0 Å². The molecule has 8 heteroatoms. The number of unbranched alkanes of at least 4 members (excludes halogenated alkanes) is 33. The molecule has 0 aromatic rings. The van der Waals surface area contributed by atoms with Crippen molar-refractivity contribution in [3.63, 3.8) is 0 Å². The van der Waals surface area contributed by atoms with Gasteiger partial charge in [-0.25, -0.2) is 4.39 Å². The van der Waals surface area contributed by atoms with Crippen molar-refractivity contribution in [3.05, 3.63) is 0 Å². The van der Waals surface area contributed by atoms with Gasteiger partial charge >= 0.3 is 0 Å². The quantitative estimate of drug-likeness (QED) is 0.0392. The Balaban J connectivity index is 2.20. The number of ether oxygens (including phenoxy) is 1. The fourth-order valence-electron chi connectivity index (χ4n) is 8.65. The Hall–Kier alpha value is -0.800. The van der Waals surface area contributed by atoms with Gasteiger partial charge in [0, 0.05) is 6.42 Å². The fourth-order valence-corrected chi connectivity index (χ4v) is 8.65. The van der Waals surface area contributed by atoms with Crippen LogP contribution in [0.2, 0.25) is 0 Å². The predicted molar refractivity (Wildman–Crippen MR) is 237 cm³/mol. The lowest BCUT2D eigenvalue weighted by atomic mass is 9.89. The summed E-state index contributed by atoms with van der Waals surface area (Å²) in [5.74, 6) is -0.203. The zero-order valence-electron chi connectivity index (χ0n) is 37.6. The number of hydrogen-bond acceptors (Lipinski definition) is 6. The number of alkyl halides is 1. The largest absolute Gasteiger partial charge is 0.394 e. The van der Waals surface area contributed by atoms with Crippen LogP contribution in [0.1, 0.15) is 258 Å². The third-order valence-electron chi connectivity index (χ3n) is 12.6. The molecule has 0 bridgehead atoms. The monoisotopic (exact) mass is 814 g/mol. The third-order valence-corrected chi connectivity index (χ3v) is 12.6. The number of carbonyl (C=O) groups is 1. The van der Waals surface area contributed by atoms with E-state index < -0.39 is 49.3 Å². The van der Waals surface area contributed by atoms with Gasteiger partial charge in [-0.1, -0.05) is 232 Å². The molecule has 7 nitrogen and oxygen atoms in total. The highest BCUT2D eigenvalue weighted by Gasteiger charge is 2.44. The van der Waals surface area contributed by atoms with Crippen LogP contribution in [0.25, 0.3) is 0 Å². The van der Waals surface area contributed by atoms with E-state index in [-0.39, 0.29) is 12.3 Å². The second kappa shape index (κ2) is 39.3. The zero-order valence-corrected chi connectivity index (χ0v) is 37.6. The number of rotatable bonds is 42. The van der Waals surface area contributed by atoms with E-state index >= 15 is 4.39 Å². The van der Waals surface area contributed by atoms with E-state index in [0.29, 0.717) is 12.8 Å². The first-order valence-electron chi connectivity index (χ1n) is 25.1. The summed E-state index contributed by atoms with van der Waals surface area (Å²) in [6.45, 7) is 4.00. The van der Waals surface area contributed by atoms with Crippen molar-refractivity contribution >= 4 is 5.91 Å². The Morgan fingerprint density at radius 3 is 1.16 bits per heavy atom. The highest BCUT2D eigenvalue weighted by Crippen LogP contribution is 2.27. The summed E-state index contributed by atoms with van der Waals surface area (Å²) in [5.41, 5.74) is 0. The minimum atomic E-state index is -1.51. The molecule has 0 unspecified atom stereocenters. The van der Waals surface area contributed by atoms with Gasteiger partial charge in [-0.15, -0.1) is 0 Å². The molecule has 1 heterocycles. The van der Waals surface area contributed by atoms with Gasteiger partial charge in [0.1, 0.15) is 30.6 Å². The van der Waals surface area contributed by atoms with Gasteiger partial charge in [-0.2, -0.15) is 0 Å². The summed E-state index contributed by atoms with van der Waals surface area (Å²) in [6, 6.07) is -0.879. The van der Waals surface area contributed by atoms with Gasteiger partial charge in [0.15, 0.2) is 0 Å². The van der Waals surface area contributed by atoms with Crippen molar-refractivity contribution in [2.45, 2.75) is 301 Å². The summed E-state index contributed by atoms with van der Waals surface area (Å²) in [6.07, 6.45) is 37.5. The third kappa shape index (κ3) is 30.0. The first kappa shape index (κ1) is 54.2. The molecule has 1 fully saturated rings. The lowest BCUT2D eigenvalue weighted by Gasteiger charge is -2.41. The second-order valence-electron chi connectivity index (χ2n) is 18.0. The summed E-state index contributed by atoms with van der Waals surface area (Å²) >= 11 is 0. The van der Waals surface area contributed by atoms with Gasteiger partial charge < -0.3 is 30.5 Å². The molecule has 0 aliphatic carbocycles. The average molecular weight is 814 g/mol. The maximum absolute atomic E-state index is 15.8. The Morgan fingerprint density at radius 2 is 0.807 bits per heavy atom. The van der Waals surface area contributed by atoms with Crippen LogP contribution >= 0.6 is 0 Å². The average Bonchev–Trinajstić information content (AvgIpc) is 3.21. The van der Waals surface area contributed by atoms with Crippen LogP contribution in [-0.4, -0.2) is 75.7 Å². The number of hydrogen-bond donors (Lipinski definition) is 5. The van der Waals surface area contributed by atoms with Gasteiger partial charge in [0.25, 0.3) is 0 Å². The maximum Gasteiger partial charge on any atom is 0.220 e. The van der Waals surface area contributed by atoms with Crippen LogP contribution in [0.5, 0.6) is 0 Å². The molecule has 7 atom stereocenters. The molecule has 1 aliphatic heterocycles. The summed E-state index contributed by atoms with van der Waals surface area (Å²) < 4.78 is 21.4. The van der Waals surface area contributed by atoms with Crippen LogP contribution in [0.3, 0.4) is 0 Å². The van der Waals surface area contributed by atoms with Crippen molar-refractivity contribution in [3.8, 4) is 0 Å². The van der Waals surface area contributed by atoms with Crippen molar-refractivity contribution < 1.29 is 34.3 Å². The molecule has 1 aliphatic rings. The van der Waals surface area contributed by atoms with Crippen molar-refractivity contribution in [1.82, 2.24) is 5.32 Å². The number of aliphatic hydroxyl groups is 4. The molecule has 0 saturated carbocycles. The van der Waals surface area contributed by atoms with Crippen LogP contribution < -0.4 is 5.32 Å². The Labute approximate surface area is 351 Å². The van der Waals surface area contributed by atoms with Gasteiger partial charge in [-0.05, 0) is 19.3 Å². The summed E-state index contributed by atoms with van der Waals surface area (Å²) in [7, 11) is 0. The molecule has 1 rings (SSSR count). The first-order valence-corrected chi connectivity index (χ1v) is 25.1. The molecule has 0 radical (unpaired) electrons. The fraction of sp³-hybridized carbons (Fsp3) is 0.980. The Bertz CT molecular complexity index is 864. The molecular formula is C49H96FNO6. The lowest BCUT2D eigenvalue weighted by molar-refractivity contribution is -0.232. The predicted octanol–water partition coefficient (Wildman–Crippen LogP) is 12.5. The second-order valence-corrected chi connectivity index (χ2v) is 18.0. The molecule has 0 aromatic heterocycles. The first-order chi connectivity index (χ1) is 27.8. The molecule has 5 N–H and O–H groups in total. The Kier molecular flexibility index (Phi) is 37.4. The minimum absolute atomic E-state index is 0.0357. The summed E-state index contributed by atoms with van der Waals surface area (Å²) in [5, 5.41) is 43.6. The normalized spacial score (nSPS) is 20.9.